The number of nitrogens with zero attached hydrogens (tertiary/aromatic N) is 2. The third-order valence-corrected chi connectivity index (χ3v) is 5.77. The van der Waals surface area contributed by atoms with Crippen molar-refractivity contribution in [1.29, 1.82) is 0 Å². The number of thioether (sulfide) groups is 1. The van der Waals surface area contributed by atoms with Gasteiger partial charge in [-0.3, -0.25) is 14.6 Å². The van der Waals surface area contributed by atoms with E-state index in [1.807, 2.05) is 31.5 Å². The van der Waals surface area contributed by atoms with Gasteiger partial charge in [0.2, 0.25) is 0 Å². The van der Waals surface area contributed by atoms with E-state index in [0.29, 0.717) is 19.6 Å². The van der Waals surface area contributed by atoms with Crippen molar-refractivity contribution in [2.75, 3.05) is 13.2 Å². The maximum absolute atomic E-state index is 12.5. The molecule has 2 aromatic rings. The van der Waals surface area contributed by atoms with Crippen LogP contribution in [0.4, 0.5) is 0 Å². The molecular formula is C20H25N3O3S. The van der Waals surface area contributed by atoms with Crippen LogP contribution >= 0.6 is 11.8 Å². The molecule has 3 heterocycles. The summed E-state index contributed by atoms with van der Waals surface area (Å²) in [4.78, 5) is 28.0. The predicted octanol–water partition coefficient (Wildman–Crippen LogP) is 3.53. The third kappa shape index (κ3) is 4.91. The third-order valence-electron chi connectivity index (χ3n) is 4.52. The fourth-order valence-electron chi connectivity index (χ4n) is 3.18. The topological polar surface area (TPSA) is 73.2 Å². The lowest BCUT2D eigenvalue weighted by atomic mass is 10.2. The second kappa shape index (κ2) is 9.60. The quantitative estimate of drug-likeness (QED) is 0.526. The first-order valence-corrected chi connectivity index (χ1v) is 10.4. The van der Waals surface area contributed by atoms with E-state index in [1.54, 1.807) is 18.0 Å². The number of aromatic nitrogens is 2. The zero-order valence-electron chi connectivity index (χ0n) is 15.5. The number of unbranched alkanes of at least 4 members (excludes halogenated alkanes) is 2. The molecule has 0 aliphatic carbocycles. The molecule has 1 aliphatic rings. The molecule has 7 heteroatoms. The summed E-state index contributed by atoms with van der Waals surface area (Å²) in [5.41, 5.74) is 2.96. The van der Waals surface area contributed by atoms with Gasteiger partial charge < -0.3 is 14.6 Å². The molecule has 0 radical (unpaired) electrons. The summed E-state index contributed by atoms with van der Waals surface area (Å²) in [6, 6.07) is 5.90. The van der Waals surface area contributed by atoms with Crippen molar-refractivity contribution in [3.8, 4) is 0 Å². The van der Waals surface area contributed by atoms with Crippen LogP contribution in [0.5, 0.6) is 0 Å². The van der Waals surface area contributed by atoms with Gasteiger partial charge in [0.1, 0.15) is 5.37 Å². The Hall–Kier alpha value is -2.28. The van der Waals surface area contributed by atoms with Gasteiger partial charge in [-0.25, -0.2) is 0 Å². The Balaban J connectivity index is 1.46. The van der Waals surface area contributed by atoms with Crippen LogP contribution in [0.2, 0.25) is 0 Å². The van der Waals surface area contributed by atoms with Crippen molar-refractivity contribution in [2.24, 2.45) is 0 Å². The second-order valence-electron chi connectivity index (χ2n) is 6.40. The molecule has 144 valence electrons. The predicted molar refractivity (Wildman–Crippen MR) is 106 cm³/mol. The minimum Gasteiger partial charge on any atom is -0.466 e. The van der Waals surface area contributed by atoms with Gasteiger partial charge in [0, 0.05) is 48.6 Å². The molecule has 6 nitrogen and oxygen atoms in total. The van der Waals surface area contributed by atoms with Gasteiger partial charge in [-0.05, 0) is 31.9 Å². The molecule has 3 rings (SSSR count). The fourth-order valence-corrected chi connectivity index (χ4v) is 4.49. The van der Waals surface area contributed by atoms with Crippen molar-refractivity contribution in [3.63, 3.8) is 0 Å². The molecule has 0 bridgehead atoms. The van der Waals surface area contributed by atoms with E-state index in [4.69, 9.17) is 4.74 Å². The van der Waals surface area contributed by atoms with Crippen LogP contribution in [-0.4, -0.2) is 34.6 Å². The van der Waals surface area contributed by atoms with Crippen LogP contribution in [0.25, 0.3) is 0 Å². The van der Waals surface area contributed by atoms with Crippen LogP contribution in [0.15, 0.2) is 36.8 Å². The number of hydrogen-bond donors (Lipinski definition) is 1. The first-order valence-electron chi connectivity index (χ1n) is 9.35. The lowest BCUT2D eigenvalue weighted by Gasteiger charge is -2.12. The number of pyridine rings is 1. The Morgan fingerprint density at radius 2 is 2.22 bits per heavy atom. The molecule has 0 saturated carbocycles. The maximum Gasteiger partial charge on any atom is 0.305 e. The molecule has 1 atom stereocenters. The van der Waals surface area contributed by atoms with E-state index in [9.17, 15) is 9.59 Å². The van der Waals surface area contributed by atoms with E-state index in [0.717, 1.165) is 41.8 Å². The van der Waals surface area contributed by atoms with Crippen molar-refractivity contribution in [3.05, 3.63) is 53.6 Å². The summed E-state index contributed by atoms with van der Waals surface area (Å²) in [6.45, 7) is 2.85. The Morgan fingerprint density at radius 3 is 3.00 bits per heavy atom. The number of hydrogen-bond acceptors (Lipinski definition) is 5. The molecule has 0 spiro atoms. The highest BCUT2D eigenvalue weighted by atomic mass is 32.2. The van der Waals surface area contributed by atoms with E-state index >= 15 is 0 Å². The van der Waals surface area contributed by atoms with Crippen LogP contribution < -0.4 is 5.32 Å². The first-order chi connectivity index (χ1) is 13.2. The molecule has 1 N–H and O–H groups in total. The Bertz CT molecular complexity index is 776. The summed E-state index contributed by atoms with van der Waals surface area (Å²) in [6.07, 6.45) is 8.62. The van der Waals surface area contributed by atoms with Crippen LogP contribution in [0.3, 0.4) is 0 Å². The fraction of sp³-hybridized carbons (Fsp3) is 0.450. The van der Waals surface area contributed by atoms with Crippen LogP contribution in [0, 0.1) is 0 Å². The summed E-state index contributed by atoms with van der Waals surface area (Å²) in [5.74, 6) is 0.641. The van der Waals surface area contributed by atoms with Crippen molar-refractivity contribution < 1.29 is 14.3 Å². The van der Waals surface area contributed by atoms with Gasteiger partial charge >= 0.3 is 5.97 Å². The molecule has 0 saturated heterocycles. The standard InChI is InChI=1S/C20H25N3O3S/c1-2-26-18(24)8-4-3-5-11-22-19(25)16-9-12-23-17(16)14-27-20(23)15-7-6-10-21-13-15/h6-7,9-10,12-13,20H,2-5,8,11,14H2,1H3,(H,22,25). The smallest absolute Gasteiger partial charge is 0.305 e. The number of ether oxygens (including phenoxy) is 1. The van der Waals surface area contributed by atoms with E-state index in [1.165, 1.54) is 0 Å². The highest BCUT2D eigenvalue weighted by Gasteiger charge is 2.28. The zero-order valence-corrected chi connectivity index (χ0v) is 16.3. The summed E-state index contributed by atoms with van der Waals surface area (Å²) in [7, 11) is 0. The molecular weight excluding hydrogens is 362 g/mol. The van der Waals surface area contributed by atoms with E-state index in [2.05, 4.69) is 20.9 Å². The number of amides is 1. The van der Waals surface area contributed by atoms with Gasteiger partial charge in [0.25, 0.3) is 5.91 Å². The van der Waals surface area contributed by atoms with Crippen molar-refractivity contribution in [2.45, 2.75) is 43.7 Å². The highest BCUT2D eigenvalue weighted by molar-refractivity contribution is 7.99. The average molecular weight is 388 g/mol. The van der Waals surface area contributed by atoms with Gasteiger partial charge in [-0.15, -0.1) is 11.8 Å². The monoisotopic (exact) mass is 387 g/mol. The maximum atomic E-state index is 12.5. The number of rotatable bonds is 9. The van der Waals surface area contributed by atoms with Crippen LogP contribution in [-0.2, 0) is 15.3 Å². The van der Waals surface area contributed by atoms with Gasteiger partial charge in [-0.1, -0.05) is 12.5 Å². The molecule has 1 unspecified atom stereocenters. The van der Waals surface area contributed by atoms with E-state index in [-0.39, 0.29) is 17.3 Å². The van der Waals surface area contributed by atoms with Gasteiger partial charge in [-0.2, -0.15) is 0 Å². The summed E-state index contributed by atoms with van der Waals surface area (Å²) >= 11 is 1.80. The highest BCUT2D eigenvalue weighted by Crippen LogP contribution is 2.41. The molecule has 2 aromatic heterocycles. The Morgan fingerprint density at radius 1 is 1.33 bits per heavy atom. The zero-order chi connectivity index (χ0) is 19.1. The Kier molecular flexibility index (Phi) is 6.92. The van der Waals surface area contributed by atoms with Crippen molar-refractivity contribution in [1.82, 2.24) is 14.9 Å². The molecule has 27 heavy (non-hydrogen) atoms. The molecule has 1 aliphatic heterocycles. The SMILES string of the molecule is CCOC(=O)CCCCCNC(=O)c1ccn2c1CSC2c1cccnc1. The lowest BCUT2D eigenvalue weighted by molar-refractivity contribution is -0.143. The van der Waals surface area contributed by atoms with E-state index < -0.39 is 0 Å². The number of carbonyl (C=O) groups is 2. The molecule has 1 amide bonds. The average Bonchev–Trinajstić information content (AvgIpc) is 3.27. The number of esters is 1. The summed E-state index contributed by atoms with van der Waals surface area (Å²) < 4.78 is 7.06. The molecule has 0 fully saturated rings. The Labute approximate surface area is 163 Å². The van der Waals surface area contributed by atoms with Crippen molar-refractivity contribution >= 4 is 23.6 Å². The number of fused-ring (bicyclic) bond motifs is 1. The number of nitrogens with one attached hydrogen (secondary N) is 1. The second-order valence-corrected chi connectivity index (χ2v) is 7.47. The van der Waals surface area contributed by atoms with Gasteiger partial charge in [0.05, 0.1) is 12.2 Å². The first kappa shape index (κ1) is 19.5. The largest absolute Gasteiger partial charge is 0.466 e. The van der Waals surface area contributed by atoms with Crippen LogP contribution in [0.1, 0.15) is 59.6 Å². The normalized spacial score (nSPS) is 15.4. The minimum absolute atomic E-state index is 0.0263. The number of carbonyl (C=O) groups excluding carboxylic acids is 2. The molecule has 0 aromatic carbocycles. The summed E-state index contributed by atoms with van der Waals surface area (Å²) in [5, 5.41) is 3.17. The van der Waals surface area contributed by atoms with Gasteiger partial charge in [0.15, 0.2) is 0 Å². The lowest BCUT2D eigenvalue weighted by Crippen LogP contribution is -2.25. The minimum atomic E-state index is -0.147.